The number of halogens is 1. The van der Waals surface area contributed by atoms with Crippen LogP contribution < -0.4 is 4.74 Å². The summed E-state index contributed by atoms with van der Waals surface area (Å²) in [5.41, 5.74) is 3.55. The molecule has 0 spiro atoms. The van der Waals surface area contributed by atoms with Crippen LogP contribution in [0.3, 0.4) is 0 Å². The molecule has 0 aliphatic carbocycles. The highest BCUT2D eigenvalue weighted by molar-refractivity contribution is 5.85. The van der Waals surface area contributed by atoms with E-state index < -0.39 is 0 Å². The van der Waals surface area contributed by atoms with Gasteiger partial charge in [-0.1, -0.05) is 18.2 Å². The maximum Gasteiger partial charge on any atom is 0.269 e. The summed E-state index contributed by atoms with van der Waals surface area (Å²) in [6.07, 6.45) is 0. The number of hydrogen-bond donors (Lipinski definition) is 0. The topological polar surface area (TPSA) is 55.6 Å². The highest BCUT2D eigenvalue weighted by atomic mass is 35.5. The number of rotatable bonds is 3. The number of ether oxygens (including phenoxy) is 1. The van der Waals surface area contributed by atoms with Gasteiger partial charge >= 0.3 is 0 Å². The maximum absolute atomic E-state index is 11.0. The normalized spacial score (nSPS) is 17.0. The Labute approximate surface area is 141 Å². The predicted octanol–water partition coefficient (Wildman–Crippen LogP) is 3.60. The quantitative estimate of drug-likeness (QED) is 0.635. The van der Waals surface area contributed by atoms with E-state index in [2.05, 4.69) is 24.1 Å². The third-order valence-corrected chi connectivity index (χ3v) is 4.14. The number of non-ortho nitro benzene ring substituents is 1. The molecule has 0 amide bonds. The molecule has 3 rings (SSSR count). The van der Waals surface area contributed by atoms with Crippen LogP contribution in [0.15, 0.2) is 42.5 Å². The second kappa shape index (κ2) is 6.98. The Morgan fingerprint density at radius 1 is 1.26 bits per heavy atom. The second-order valence-corrected chi connectivity index (χ2v) is 5.67. The smallest absolute Gasteiger partial charge is 0.269 e. The molecule has 1 heterocycles. The predicted molar refractivity (Wildman–Crippen MR) is 91.5 cm³/mol. The van der Waals surface area contributed by atoms with Crippen LogP contribution in [-0.4, -0.2) is 30.5 Å². The van der Waals surface area contributed by atoms with E-state index in [4.69, 9.17) is 4.74 Å². The lowest BCUT2D eigenvalue weighted by atomic mass is 9.84. The Hall–Kier alpha value is -2.11. The molecule has 0 aromatic heterocycles. The Kier molecular flexibility index (Phi) is 5.23. The molecule has 1 aliphatic heterocycles. The molecule has 2 aromatic rings. The second-order valence-electron chi connectivity index (χ2n) is 5.67. The number of nitrogens with zero attached hydrogens (tertiary/aromatic N) is 2. The minimum absolute atomic E-state index is 0. The minimum atomic E-state index is -0.342. The van der Waals surface area contributed by atoms with E-state index in [0.29, 0.717) is 0 Å². The fourth-order valence-corrected chi connectivity index (χ4v) is 3.09. The SMILES string of the molecule is COc1ccc2c(c1)CN(C)CC2c1cccc([N+](=O)[O-])c1.Cl. The van der Waals surface area contributed by atoms with Crippen LogP contribution in [-0.2, 0) is 6.54 Å². The largest absolute Gasteiger partial charge is 0.497 e. The minimum Gasteiger partial charge on any atom is -0.497 e. The van der Waals surface area contributed by atoms with Crippen LogP contribution in [0.1, 0.15) is 22.6 Å². The molecular weight excluding hydrogens is 316 g/mol. The molecule has 0 saturated heterocycles. The van der Waals surface area contributed by atoms with E-state index in [-0.39, 0.29) is 28.9 Å². The highest BCUT2D eigenvalue weighted by Crippen LogP contribution is 2.35. The van der Waals surface area contributed by atoms with Crippen LogP contribution in [0.5, 0.6) is 5.75 Å². The number of hydrogen-bond acceptors (Lipinski definition) is 4. The van der Waals surface area contributed by atoms with Gasteiger partial charge in [0.15, 0.2) is 0 Å². The van der Waals surface area contributed by atoms with E-state index in [1.807, 2.05) is 12.1 Å². The van der Waals surface area contributed by atoms with Gasteiger partial charge in [0, 0.05) is 31.1 Å². The van der Waals surface area contributed by atoms with Crippen molar-refractivity contribution < 1.29 is 9.66 Å². The Balaban J connectivity index is 0.00000192. The van der Waals surface area contributed by atoms with Gasteiger partial charge in [0.05, 0.1) is 12.0 Å². The van der Waals surface area contributed by atoms with Crippen LogP contribution in [0.2, 0.25) is 0 Å². The first-order chi connectivity index (χ1) is 10.6. The molecule has 0 fully saturated rings. The van der Waals surface area contributed by atoms with Gasteiger partial charge < -0.3 is 9.64 Å². The molecule has 2 aromatic carbocycles. The molecule has 1 atom stereocenters. The van der Waals surface area contributed by atoms with Crippen LogP contribution in [0.25, 0.3) is 0 Å². The molecule has 122 valence electrons. The van der Waals surface area contributed by atoms with Gasteiger partial charge in [0.25, 0.3) is 5.69 Å². The summed E-state index contributed by atoms with van der Waals surface area (Å²) in [6.45, 7) is 1.71. The standard InChI is InChI=1S/C17H18N2O3.ClH/c1-18-10-13-9-15(22-2)6-7-16(13)17(11-18)12-4-3-5-14(8-12)19(20)21;/h3-9,17H,10-11H2,1-2H3;1H. The highest BCUT2D eigenvalue weighted by Gasteiger charge is 2.26. The monoisotopic (exact) mass is 334 g/mol. The van der Waals surface area contributed by atoms with Gasteiger partial charge in [-0.2, -0.15) is 0 Å². The van der Waals surface area contributed by atoms with Crippen molar-refractivity contribution in [3.8, 4) is 5.75 Å². The van der Waals surface area contributed by atoms with Crippen molar-refractivity contribution >= 4 is 18.1 Å². The molecule has 0 saturated carbocycles. The average Bonchev–Trinajstić information content (AvgIpc) is 2.53. The Bertz CT molecular complexity index is 721. The molecule has 1 unspecified atom stereocenters. The summed E-state index contributed by atoms with van der Waals surface area (Å²) in [6, 6.07) is 13.0. The number of fused-ring (bicyclic) bond motifs is 1. The first kappa shape index (κ1) is 17.2. The molecule has 1 aliphatic rings. The van der Waals surface area contributed by atoms with Crippen LogP contribution in [0.4, 0.5) is 5.69 Å². The van der Waals surface area contributed by atoms with E-state index in [9.17, 15) is 10.1 Å². The molecular formula is C17H19ClN2O3. The summed E-state index contributed by atoms with van der Waals surface area (Å²) in [5, 5.41) is 11.0. The summed E-state index contributed by atoms with van der Waals surface area (Å²) in [7, 11) is 3.72. The van der Waals surface area contributed by atoms with Crippen LogP contribution >= 0.6 is 12.4 Å². The zero-order chi connectivity index (χ0) is 15.7. The van der Waals surface area contributed by atoms with Gasteiger partial charge in [0.1, 0.15) is 5.75 Å². The summed E-state index contributed by atoms with van der Waals surface area (Å²) < 4.78 is 5.30. The lowest BCUT2D eigenvalue weighted by Gasteiger charge is -2.32. The zero-order valence-electron chi connectivity index (χ0n) is 13.1. The summed E-state index contributed by atoms with van der Waals surface area (Å²) in [4.78, 5) is 12.9. The van der Waals surface area contributed by atoms with Gasteiger partial charge in [-0.05, 0) is 35.9 Å². The average molecular weight is 335 g/mol. The number of likely N-dealkylation sites (N-methyl/N-ethyl adjacent to an activating group) is 1. The first-order valence-corrected chi connectivity index (χ1v) is 7.18. The van der Waals surface area contributed by atoms with Crippen molar-refractivity contribution in [2.24, 2.45) is 0 Å². The van der Waals surface area contributed by atoms with Crippen molar-refractivity contribution in [1.29, 1.82) is 0 Å². The van der Waals surface area contributed by atoms with E-state index in [0.717, 1.165) is 24.4 Å². The summed E-state index contributed by atoms with van der Waals surface area (Å²) >= 11 is 0. The van der Waals surface area contributed by atoms with E-state index >= 15 is 0 Å². The summed E-state index contributed by atoms with van der Waals surface area (Å²) in [5.74, 6) is 0.978. The van der Waals surface area contributed by atoms with E-state index in [1.165, 1.54) is 17.2 Å². The van der Waals surface area contributed by atoms with Gasteiger partial charge in [-0.3, -0.25) is 10.1 Å². The lowest BCUT2D eigenvalue weighted by Crippen LogP contribution is -2.31. The van der Waals surface area contributed by atoms with Crippen LogP contribution in [0, 0.1) is 10.1 Å². The van der Waals surface area contributed by atoms with Crippen molar-refractivity contribution in [3.63, 3.8) is 0 Å². The molecule has 0 radical (unpaired) electrons. The third kappa shape index (κ3) is 3.46. The number of nitro benzene ring substituents is 1. The molecule has 0 bridgehead atoms. The van der Waals surface area contributed by atoms with Crippen molar-refractivity contribution in [1.82, 2.24) is 4.90 Å². The van der Waals surface area contributed by atoms with Crippen molar-refractivity contribution in [3.05, 3.63) is 69.3 Å². The third-order valence-electron chi connectivity index (χ3n) is 4.14. The fourth-order valence-electron chi connectivity index (χ4n) is 3.09. The molecule has 0 N–H and O–H groups in total. The molecule has 23 heavy (non-hydrogen) atoms. The number of nitro groups is 1. The van der Waals surface area contributed by atoms with Gasteiger partial charge in [0.2, 0.25) is 0 Å². The fraction of sp³-hybridized carbons (Fsp3) is 0.294. The molecule has 5 nitrogen and oxygen atoms in total. The van der Waals surface area contributed by atoms with Gasteiger partial charge in [-0.15, -0.1) is 12.4 Å². The number of benzene rings is 2. The zero-order valence-corrected chi connectivity index (χ0v) is 13.9. The Morgan fingerprint density at radius 3 is 2.74 bits per heavy atom. The lowest BCUT2D eigenvalue weighted by molar-refractivity contribution is -0.384. The van der Waals surface area contributed by atoms with Crippen molar-refractivity contribution in [2.75, 3.05) is 20.7 Å². The van der Waals surface area contributed by atoms with Crippen molar-refractivity contribution in [2.45, 2.75) is 12.5 Å². The Morgan fingerprint density at radius 2 is 2.04 bits per heavy atom. The first-order valence-electron chi connectivity index (χ1n) is 7.18. The number of methoxy groups -OCH3 is 1. The van der Waals surface area contributed by atoms with Gasteiger partial charge in [-0.25, -0.2) is 0 Å². The molecule has 6 heteroatoms. The van der Waals surface area contributed by atoms with E-state index in [1.54, 1.807) is 19.2 Å². The maximum atomic E-state index is 11.0.